The molecule has 260 valence electrons. The molecule has 0 aliphatic heterocycles. The lowest BCUT2D eigenvalue weighted by Crippen LogP contribution is -2.41. The fraction of sp³-hybridized carbons (Fsp3) is 0.312. The largest absolute Gasteiger partial charge is 0.491 e. The van der Waals surface area contributed by atoms with Crippen LogP contribution in [0.3, 0.4) is 0 Å². The van der Waals surface area contributed by atoms with Gasteiger partial charge in [-0.1, -0.05) is 12.1 Å². The Bertz CT molecular complexity index is 1900. The first-order chi connectivity index (χ1) is 22.8. The molecule has 0 saturated heterocycles. The van der Waals surface area contributed by atoms with Crippen LogP contribution >= 0.6 is 0 Å². The highest BCUT2D eigenvalue weighted by Crippen LogP contribution is 2.27. The summed E-state index contributed by atoms with van der Waals surface area (Å²) in [4.78, 5) is 58.1. The maximum atomic E-state index is 14.2. The Morgan fingerprint density at radius 3 is 2.24 bits per heavy atom. The average molecular weight is 692 g/mol. The van der Waals surface area contributed by atoms with Gasteiger partial charge in [-0.25, -0.2) is 33.1 Å². The molecule has 2 N–H and O–H groups in total. The maximum absolute atomic E-state index is 14.2. The molecule has 17 heteroatoms. The van der Waals surface area contributed by atoms with Crippen molar-refractivity contribution in [1.82, 2.24) is 25.0 Å². The molecule has 4 aromatic rings. The Labute approximate surface area is 275 Å². The third-order valence-corrected chi connectivity index (χ3v) is 6.55. The van der Waals surface area contributed by atoms with Crippen LogP contribution in [0.15, 0.2) is 48.7 Å². The van der Waals surface area contributed by atoms with Gasteiger partial charge in [0.2, 0.25) is 0 Å². The highest BCUT2D eigenvalue weighted by molar-refractivity contribution is 5.97. The standard InChI is InChI=1S/C32H30F5N5O7/c1-16-12-24(47-15-18-19(33)8-6-9-20(18)34)26-39-17(2)25(42(26)14-16)27(43)41-23(13-38-30(46)49-31(3,4)5)21-10-7-11-22(40-21)28(44)48-29(45)32(35,36)37/h6-12,14,23H,13,15H2,1-5H3,(H,38,46)(H,41,43). The van der Waals surface area contributed by atoms with Crippen molar-refractivity contribution in [3.63, 3.8) is 0 Å². The number of alkyl halides is 3. The molecule has 1 unspecified atom stereocenters. The number of esters is 2. The molecule has 0 aliphatic carbocycles. The topological polar surface area (TPSA) is 150 Å². The van der Waals surface area contributed by atoms with E-state index in [1.54, 1.807) is 40.0 Å². The molecule has 0 fully saturated rings. The van der Waals surface area contributed by atoms with Gasteiger partial charge in [0.1, 0.15) is 35.2 Å². The van der Waals surface area contributed by atoms with Crippen LogP contribution in [-0.4, -0.2) is 56.6 Å². The highest BCUT2D eigenvalue weighted by atomic mass is 19.4. The Balaban J connectivity index is 1.66. The fourth-order valence-electron chi connectivity index (χ4n) is 4.47. The third-order valence-electron chi connectivity index (χ3n) is 6.55. The van der Waals surface area contributed by atoms with Gasteiger partial charge in [0, 0.05) is 12.7 Å². The lowest BCUT2D eigenvalue weighted by molar-refractivity contribution is -0.193. The Morgan fingerprint density at radius 1 is 0.959 bits per heavy atom. The van der Waals surface area contributed by atoms with E-state index in [0.29, 0.717) is 5.56 Å². The third kappa shape index (κ3) is 9.05. The van der Waals surface area contributed by atoms with E-state index in [1.807, 2.05) is 0 Å². The number of nitrogens with one attached hydrogen (secondary N) is 2. The van der Waals surface area contributed by atoms with Crippen LogP contribution in [-0.2, 0) is 20.9 Å². The summed E-state index contributed by atoms with van der Waals surface area (Å²) in [6.45, 7) is 7.17. The van der Waals surface area contributed by atoms with Crippen molar-refractivity contribution in [3.05, 3.63) is 94.2 Å². The summed E-state index contributed by atoms with van der Waals surface area (Å²) >= 11 is 0. The summed E-state index contributed by atoms with van der Waals surface area (Å²) in [6, 6.07) is 7.22. The molecule has 2 amide bonds. The number of fused-ring (bicyclic) bond motifs is 1. The summed E-state index contributed by atoms with van der Waals surface area (Å²) in [5.74, 6) is -6.75. The number of aromatic nitrogens is 3. The van der Waals surface area contributed by atoms with Gasteiger partial charge in [-0.05, 0) is 70.5 Å². The lowest BCUT2D eigenvalue weighted by atomic mass is 10.1. The van der Waals surface area contributed by atoms with Crippen molar-refractivity contribution in [2.24, 2.45) is 0 Å². The molecule has 1 atom stereocenters. The molecule has 0 aliphatic rings. The van der Waals surface area contributed by atoms with Gasteiger partial charge in [0.15, 0.2) is 11.4 Å². The maximum Gasteiger partial charge on any atom is 0.491 e. The van der Waals surface area contributed by atoms with Crippen LogP contribution in [0.25, 0.3) is 5.65 Å². The number of pyridine rings is 2. The molecule has 4 rings (SSSR count). The Morgan fingerprint density at radius 2 is 1.61 bits per heavy atom. The second kappa shape index (κ2) is 14.2. The number of nitrogens with zero attached hydrogens (tertiary/aromatic N) is 3. The van der Waals surface area contributed by atoms with Crippen LogP contribution in [0, 0.1) is 25.5 Å². The number of alkyl carbamates (subject to hydrolysis) is 1. The van der Waals surface area contributed by atoms with Crippen molar-refractivity contribution in [1.29, 1.82) is 0 Å². The van der Waals surface area contributed by atoms with Gasteiger partial charge in [-0.3, -0.25) is 9.20 Å². The summed E-state index contributed by atoms with van der Waals surface area (Å²) in [6.07, 6.45) is -4.77. The number of benzene rings is 1. The van der Waals surface area contributed by atoms with E-state index >= 15 is 0 Å². The first-order valence-corrected chi connectivity index (χ1v) is 14.5. The fourth-order valence-corrected chi connectivity index (χ4v) is 4.47. The van der Waals surface area contributed by atoms with Crippen molar-refractivity contribution in [2.75, 3.05) is 6.54 Å². The number of aryl methyl sites for hydroxylation is 2. The molecule has 49 heavy (non-hydrogen) atoms. The Hall–Kier alpha value is -5.61. The first kappa shape index (κ1) is 36.2. The van der Waals surface area contributed by atoms with Gasteiger partial charge < -0.3 is 24.8 Å². The number of imidazole rings is 1. The van der Waals surface area contributed by atoms with Crippen molar-refractivity contribution < 1.29 is 55.3 Å². The van der Waals surface area contributed by atoms with Crippen molar-refractivity contribution in [2.45, 2.75) is 59.0 Å². The predicted molar refractivity (Wildman–Crippen MR) is 161 cm³/mol. The summed E-state index contributed by atoms with van der Waals surface area (Å²) in [5, 5.41) is 5.12. The smallest absolute Gasteiger partial charge is 0.485 e. The summed E-state index contributed by atoms with van der Waals surface area (Å²) in [5.41, 5.74) is -1.13. The minimum Gasteiger partial charge on any atom is -0.485 e. The zero-order valence-corrected chi connectivity index (χ0v) is 26.7. The van der Waals surface area contributed by atoms with E-state index in [0.717, 1.165) is 18.2 Å². The number of rotatable bonds is 9. The van der Waals surface area contributed by atoms with Crippen LogP contribution in [0.5, 0.6) is 5.75 Å². The number of halogens is 5. The van der Waals surface area contributed by atoms with Crippen LogP contribution in [0.1, 0.15) is 70.3 Å². The molecular formula is C32H30F5N5O7. The molecule has 0 saturated carbocycles. The second-order valence-corrected chi connectivity index (χ2v) is 11.6. The van der Waals surface area contributed by atoms with Gasteiger partial charge in [0.05, 0.1) is 23.0 Å². The molecule has 0 radical (unpaired) electrons. The Kier molecular flexibility index (Phi) is 10.5. The van der Waals surface area contributed by atoms with Crippen molar-refractivity contribution >= 4 is 29.6 Å². The summed E-state index contributed by atoms with van der Waals surface area (Å²) < 4.78 is 82.7. The highest BCUT2D eigenvalue weighted by Gasteiger charge is 2.43. The van der Waals surface area contributed by atoms with E-state index < -0.39 is 65.7 Å². The molecule has 3 heterocycles. The quantitative estimate of drug-likeness (QED) is 0.133. The minimum atomic E-state index is -5.44. The number of hydrogen-bond donors (Lipinski definition) is 2. The van der Waals surface area contributed by atoms with E-state index in [9.17, 15) is 41.1 Å². The SMILES string of the molecule is Cc1cc(OCc2c(F)cccc2F)c2nc(C)c(C(=O)NC(CNC(=O)OC(C)(C)C)c3cccc(C(=O)OC(=O)C(F)(F)F)n3)n2c1. The van der Waals surface area contributed by atoms with Crippen LogP contribution in [0.2, 0.25) is 0 Å². The van der Waals surface area contributed by atoms with Crippen LogP contribution < -0.4 is 15.4 Å². The summed E-state index contributed by atoms with van der Waals surface area (Å²) in [7, 11) is 0. The molecule has 0 bridgehead atoms. The predicted octanol–water partition coefficient (Wildman–Crippen LogP) is 5.44. The lowest BCUT2D eigenvalue weighted by Gasteiger charge is -2.23. The van der Waals surface area contributed by atoms with Gasteiger partial charge >= 0.3 is 24.2 Å². The zero-order chi connectivity index (χ0) is 36.3. The minimum absolute atomic E-state index is 0.0192. The number of amides is 2. The molecule has 3 aromatic heterocycles. The van der Waals surface area contributed by atoms with Gasteiger partial charge in [-0.15, -0.1) is 0 Å². The normalized spacial score (nSPS) is 12.3. The second-order valence-electron chi connectivity index (χ2n) is 11.6. The molecule has 12 nitrogen and oxygen atoms in total. The number of carbonyl (C=O) groups excluding carboxylic acids is 4. The van der Waals surface area contributed by atoms with E-state index in [2.05, 4.69) is 25.3 Å². The number of ether oxygens (including phenoxy) is 3. The monoisotopic (exact) mass is 691 g/mol. The van der Waals surface area contributed by atoms with E-state index in [4.69, 9.17) is 9.47 Å². The zero-order valence-electron chi connectivity index (χ0n) is 26.7. The van der Waals surface area contributed by atoms with Crippen LogP contribution in [0.4, 0.5) is 26.7 Å². The molecule has 0 spiro atoms. The van der Waals surface area contributed by atoms with E-state index in [1.165, 1.54) is 29.5 Å². The first-order valence-electron chi connectivity index (χ1n) is 14.5. The number of hydrogen-bond acceptors (Lipinski definition) is 9. The molecular weight excluding hydrogens is 661 g/mol. The molecule has 1 aromatic carbocycles. The number of carbonyl (C=O) groups is 4. The van der Waals surface area contributed by atoms with Gasteiger partial charge in [-0.2, -0.15) is 13.2 Å². The van der Waals surface area contributed by atoms with Gasteiger partial charge in [0.25, 0.3) is 5.91 Å². The van der Waals surface area contributed by atoms with Crippen molar-refractivity contribution in [3.8, 4) is 5.75 Å². The van der Waals surface area contributed by atoms with E-state index in [-0.39, 0.29) is 40.6 Å². The average Bonchev–Trinajstić information content (AvgIpc) is 3.33.